The average Bonchev–Trinajstić information content (AvgIpc) is 2.32. The molecule has 1 atom stereocenters. The molecule has 0 aromatic heterocycles. The van der Waals surface area contributed by atoms with Gasteiger partial charge in [0.15, 0.2) is 0 Å². The van der Waals surface area contributed by atoms with E-state index in [1.165, 1.54) is 0 Å². The van der Waals surface area contributed by atoms with Crippen molar-refractivity contribution < 1.29 is 9.90 Å². The van der Waals surface area contributed by atoms with Crippen LogP contribution < -0.4 is 11.1 Å². The summed E-state index contributed by atoms with van der Waals surface area (Å²) < 4.78 is 0. The molecule has 17 heavy (non-hydrogen) atoms. The number of amides is 1. The second-order valence-electron chi connectivity index (χ2n) is 4.57. The van der Waals surface area contributed by atoms with Gasteiger partial charge in [0.2, 0.25) is 5.91 Å². The fraction of sp³-hybridized carbons (Fsp3) is 0.462. The van der Waals surface area contributed by atoms with E-state index < -0.39 is 5.41 Å². The molecule has 0 saturated carbocycles. The first-order valence-electron chi connectivity index (χ1n) is 5.74. The highest BCUT2D eigenvalue weighted by atomic mass is 16.3. The van der Waals surface area contributed by atoms with Crippen molar-refractivity contribution in [1.29, 1.82) is 0 Å². The molecule has 4 N–H and O–H groups in total. The van der Waals surface area contributed by atoms with Crippen LogP contribution in [0.25, 0.3) is 0 Å². The topological polar surface area (TPSA) is 75.4 Å². The van der Waals surface area contributed by atoms with Gasteiger partial charge in [-0.25, -0.2) is 0 Å². The highest BCUT2D eigenvalue weighted by molar-refractivity contribution is 5.95. The zero-order valence-corrected chi connectivity index (χ0v) is 10.6. The molecule has 1 aromatic rings. The Morgan fingerprint density at radius 3 is 2.65 bits per heavy atom. The molecule has 4 heteroatoms. The zero-order chi connectivity index (χ0) is 13.1. The molecule has 0 saturated heterocycles. The van der Waals surface area contributed by atoms with Crippen molar-refractivity contribution in [2.45, 2.75) is 27.2 Å². The van der Waals surface area contributed by atoms with Crippen LogP contribution in [0.4, 0.5) is 5.69 Å². The lowest BCUT2D eigenvalue weighted by atomic mass is 9.86. The number of phenolic OH excluding ortho intramolecular Hbond substituents is 1. The molecular weight excluding hydrogens is 216 g/mol. The van der Waals surface area contributed by atoms with E-state index in [0.29, 0.717) is 18.7 Å². The van der Waals surface area contributed by atoms with E-state index in [4.69, 9.17) is 5.73 Å². The summed E-state index contributed by atoms with van der Waals surface area (Å²) in [7, 11) is 0. The first-order valence-corrected chi connectivity index (χ1v) is 5.74. The van der Waals surface area contributed by atoms with Gasteiger partial charge in [-0.3, -0.25) is 4.79 Å². The largest absolute Gasteiger partial charge is 0.508 e. The van der Waals surface area contributed by atoms with E-state index in [2.05, 4.69) is 5.32 Å². The average molecular weight is 236 g/mol. The zero-order valence-electron chi connectivity index (χ0n) is 10.6. The summed E-state index contributed by atoms with van der Waals surface area (Å²) in [4.78, 5) is 12.0. The minimum Gasteiger partial charge on any atom is -0.508 e. The van der Waals surface area contributed by atoms with Crippen molar-refractivity contribution in [1.82, 2.24) is 0 Å². The number of anilines is 1. The van der Waals surface area contributed by atoms with Gasteiger partial charge in [0.25, 0.3) is 0 Å². The lowest BCUT2D eigenvalue weighted by molar-refractivity contribution is -0.124. The van der Waals surface area contributed by atoms with E-state index in [0.717, 1.165) is 5.56 Å². The molecule has 0 aliphatic rings. The van der Waals surface area contributed by atoms with Crippen molar-refractivity contribution in [3.05, 3.63) is 23.8 Å². The van der Waals surface area contributed by atoms with Crippen molar-refractivity contribution in [2.75, 3.05) is 11.9 Å². The second-order valence-corrected chi connectivity index (χ2v) is 4.57. The standard InChI is InChI=1S/C13H20N2O2/c1-4-13(3,8-14)12(17)15-10-5-6-11(16)9(2)7-10/h5-7,16H,4,8,14H2,1-3H3,(H,15,17). The van der Waals surface area contributed by atoms with E-state index in [1.807, 2.05) is 13.8 Å². The first kappa shape index (κ1) is 13.5. The number of aryl methyl sites for hydroxylation is 1. The van der Waals surface area contributed by atoms with E-state index in [1.54, 1.807) is 25.1 Å². The molecule has 0 spiro atoms. The molecule has 0 fully saturated rings. The maximum absolute atomic E-state index is 12.0. The normalized spacial score (nSPS) is 14.1. The Bertz CT molecular complexity index is 412. The number of nitrogens with two attached hydrogens (primary N) is 1. The van der Waals surface area contributed by atoms with E-state index >= 15 is 0 Å². The number of carbonyl (C=O) groups excluding carboxylic acids is 1. The maximum Gasteiger partial charge on any atom is 0.231 e. The highest BCUT2D eigenvalue weighted by Gasteiger charge is 2.29. The molecule has 1 rings (SSSR count). The van der Waals surface area contributed by atoms with Crippen molar-refractivity contribution in [3.63, 3.8) is 0 Å². The highest BCUT2D eigenvalue weighted by Crippen LogP contribution is 2.24. The Kier molecular flexibility index (Phi) is 4.12. The molecule has 1 amide bonds. The van der Waals surface area contributed by atoms with Gasteiger partial charge in [-0.05, 0) is 44.0 Å². The van der Waals surface area contributed by atoms with Crippen LogP contribution in [-0.2, 0) is 4.79 Å². The van der Waals surface area contributed by atoms with Crippen molar-refractivity contribution >= 4 is 11.6 Å². The maximum atomic E-state index is 12.0. The van der Waals surface area contributed by atoms with Crippen LogP contribution in [0.2, 0.25) is 0 Å². The number of phenols is 1. The molecular formula is C13H20N2O2. The third-order valence-electron chi connectivity index (χ3n) is 3.23. The summed E-state index contributed by atoms with van der Waals surface area (Å²) in [5.74, 6) is 0.132. The number of carbonyl (C=O) groups is 1. The quantitative estimate of drug-likeness (QED) is 0.700. The molecule has 0 aliphatic heterocycles. The van der Waals surface area contributed by atoms with Crippen molar-refractivity contribution in [2.24, 2.45) is 11.1 Å². The van der Waals surface area contributed by atoms with Gasteiger partial charge in [0, 0.05) is 12.2 Å². The van der Waals surface area contributed by atoms with E-state index in [-0.39, 0.29) is 11.7 Å². The fourth-order valence-electron chi connectivity index (χ4n) is 1.41. The molecule has 0 bridgehead atoms. The number of aromatic hydroxyl groups is 1. The van der Waals surface area contributed by atoms with Crippen LogP contribution in [0, 0.1) is 12.3 Å². The monoisotopic (exact) mass is 236 g/mol. The molecule has 0 heterocycles. The molecule has 4 nitrogen and oxygen atoms in total. The Morgan fingerprint density at radius 2 is 2.18 bits per heavy atom. The van der Waals surface area contributed by atoms with E-state index in [9.17, 15) is 9.90 Å². The molecule has 1 unspecified atom stereocenters. The Labute approximate surface area is 102 Å². The summed E-state index contributed by atoms with van der Waals surface area (Å²) in [6.07, 6.45) is 0.687. The van der Waals surface area contributed by atoms with Gasteiger partial charge in [0.1, 0.15) is 5.75 Å². The number of nitrogens with one attached hydrogen (secondary N) is 1. The summed E-state index contributed by atoms with van der Waals surface area (Å²) in [6, 6.07) is 4.98. The number of hydrogen-bond acceptors (Lipinski definition) is 3. The summed E-state index contributed by atoms with van der Waals surface area (Å²) in [5.41, 5.74) is 6.48. The van der Waals surface area contributed by atoms with Gasteiger partial charge in [0.05, 0.1) is 5.41 Å². The van der Waals surface area contributed by atoms with Gasteiger partial charge >= 0.3 is 0 Å². The number of hydrogen-bond donors (Lipinski definition) is 3. The molecule has 1 aromatic carbocycles. The number of benzene rings is 1. The summed E-state index contributed by atoms with van der Waals surface area (Å²) >= 11 is 0. The minimum absolute atomic E-state index is 0.0902. The predicted octanol–water partition coefficient (Wildman–Crippen LogP) is 2.01. The first-order chi connectivity index (χ1) is 7.92. The third kappa shape index (κ3) is 2.97. The Balaban J connectivity index is 2.84. The molecule has 0 aliphatic carbocycles. The van der Waals surface area contributed by atoms with Crippen LogP contribution in [-0.4, -0.2) is 17.6 Å². The number of rotatable bonds is 4. The SMILES string of the molecule is CCC(C)(CN)C(=O)Nc1ccc(O)c(C)c1. The molecule has 94 valence electrons. The molecule has 0 radical (unpaired) electrons. The lowest BCUT2D eigenvalue weighted by Crippen LogP contribution is -2.39. The lowest BCUT2D eigenvalue weighted by Gasteiger charge is -2.25. The Morgan fingerprint density at radius 1 is 1.53 bits per heavy atom. The van der Waals surface area contributed by atoms with Crippen LogP contribution in [0.15, 0.2) is 18.2 Å². The smallest absolute Gasteiger partial charge is 0.231 e. The minimum atomic E-state index is -0.550. The van der Waals surface area contributed by atoms with Crippen LogP contribution in [0.3, 0.4) is 0 Å². The second kappa shape index (κ2) is 5.19. The third-order valence-corrected chi connectivity index (χ3v) is 3.23. The summed E-state index contributed by atoms with van der Waals surface area (Å²) in [6.45, 7) is 5.88. The van der Waals surface area contributed by atoms with Gasteiger partial charge in [-0.15, -0.1) is 0 Å². The summed E-state index contributed by atoms with van der Waals surface area (Å²) in [5, 5.41) is 12.2. The predicted molar refractivity (Wildman–Crippen MR) is 68.9 cm³/mol. The van der Waals surface area contributed by atoms with Gasteiger partial charge < -0.3 is 16.2 Å². The fourth-order valence-corrected chi connectivity index (χ4v) is 1.41. The van der Waals surface area contributed by atoms with Gasteiger partial charge in [-0.1, -0.05) is 6.92 Å². The van der Waals surface area contributed by atoms with Crippen LogP contribution in [0.5, 0.6) is 5.75 Å². The van der Waals surface area contributed by atoms with Crippen molar-refractivity contribution in [3.8, 4) is 5.75 Å². The Hall–Kier alpha value is -1.55. The van der Waals surface area contributed by atoms with Crippen LogP contribution in [0.1, 0.15) is 25.8 Å². The van der Waals surface area contributed by atoms with Gasteiger partial charge in [-0.2, -0.15) is 0 Å². The van der Waals surface area contributed by atoms with Crippen LogP contribution >= 0.6 is 0 Å².